The van der Waals surface area contributed by atoms with Crippen LogP contribution in [0.4, 0.5) is 10.1 Å². The Kier molecular flexibility index (Phi) is 3.53. The second kappa shape index (κ2) is 5.49. The van der Waals surface area contributed by atoms with E-state index >= 15 is 0 Å². The van der Waals surface area contributed by atoms with E-state index in [-0.39, 0.29) is 11.7 Å². The van der Waals surface area contributed by atoms with E-state index in [2.05, 4.69) is 10.3 Å². The monoisotopic (exact) mass is 302 g/mol. The van der Waals surface area contributed by atoms with Crippen LogP contribution in [-0.4, -0.2) is 10.9 Å². The fraction of sp³-hybridized carbons (Fsp3) is 0.0667. The fourth-order valence-electron chi connectivity index (χ4n) is 1.84. The number of carbonyl (C=O) groups is 1. The van der Waals surface area contributed by atoms with Crippen LogP contribution in [0.2, 0.25) is 0 Å². The molecule has 0 radical (unpaired) electrons. The average Bonchev–Trinajstić information content (AvgIpc) is 3.10. The van der Waals surface area contributed by atoms with Crippen LogP contribution in [0.25, 0.3) is 10.8 Å². The Balaban J connectivity index is 1.83. The molecule has 0 aliphatic heterocycles. The van der Waals surface area contributed by atoms with Gasteiger partial charge in [0, 0.05) is 10.6 Å². The summed E-state index contributed by atoms with van der Waals surface area (Å²) in [5, 5.41) is 3.35. The number of aryl methyl sites for hydroxylation is 1. The number of anilines is 1. The van der Waals surface area contributed by atoms with Gasteiger partial charge in [0.1, 0.15) is 11.5 Å². The molecule has 1 amide bonds. The van der Waals surface area contributed by atoms with Crippen molar-refractivity contribution in [3.05, 3.63) is 59.0 Å². The Morgan fingerprint density at radius 1 is 1.29 bits per heavy atom. The fourth-order valence-corrected chi connectivity index (χ4v) is 2.71. The smallest absolute Gasteiger partial charge is 0.275 e. The third-order valence-electron chi connectivity index (χ3n) is 2.85. The Bertz CT molecular complexity index is 764. The molecule has 1 aromatic carbocycles. The molecular formula is C15H11FN2O2S. The molecule has 0 aliphatic rings. The van der Waals surface area contributed by atoms with Crippen LogP contribution in [0.15, 0.2) is 47.1 Å². The Morgan fingerprint density at radius 2 is 2.05 bits per heavy atom. The second-order valence-corrected chi connectivity index (χ2v) is 5.57. The van der Waals surface area contributed by atoms with Crippen molar-refractivity contribution < 1.29 is 13.6 Å². The van der Waals surface area contributed by atoms with Gasteiger partial charge in [0.15, 0.2) is 10.8 Å². The number of thiazole rings is 1. The molecule has 0 saturated carbocycles. The summed E-state index contributed by atoms with van der Waals surface area (Å²) in [6.45, 7) is 1.82. The number of halogens is 1. The second-order valence-electron chi connectivity index (χ2n) is 4.36. The van der Waals surface area contributed by atoms with Crippen LogP contribution in [0.3, 0.4) is 0 Å². The maximum absolute atomic E-state index is 12.8. The van der Waals surface area contributed by atoms with Gasteiger partial charge in [0.05, 0.1) is 6.26 Å². The minimum absolute atomic E-state index is 0.326. The molecule has 0 aliphatic carbocycles. The Labute approximate surface area is 124 Å². The van der Waals surface area contributed by atoms with Gasteiger partial charge in [-0.3, -0.25) is 4.79 Å². The molecule has 21 heavy (non-hydrogen) atoms. The number of amides is 1. The molecule has 2 aromatic heterocycles. The molecule has 4 nitrogen and oxygen atoms in total. The lowest BCUT2D eigenvalue weighted by molar-refractivity contribution is 0.102. The van der Waals surface area contributed by atoms with Gasteiger partial charge < -0.3 is 9.73 Å². The van der Waals surface area contributed by atoms with Crippen molar-refractivity contribution in [2.75, 3.05) is 5.32 Å². The zero-order chi connectivity index (χ0) is 14.8. The van der Waals surface area contributed by atoms with Gasteiger partial charge in [-0.15, -0.1) is 11.3 Å². The molecule has 0 spiro atoms. The van der Waals surface area contributed by atoms with Crippen LogP contribution in [0.1, 0.15) is 15.4 Å². The van der Waals surface area contributed by atoms with E-state index in [9.17, 15) is 9.18 Å². The van der Waals surface area contributed by atoms with Crippen LogP contribution in [0.5, 0.6) is 0 Å². The average molecular weight is 302 g/mol. The van der Waals surface area contributed by atoms with E-state index in [1.54, 1.807) is 18.4 Å². The number of rotatable bonds is 3. The summed E-state index contributed by atoms with van der Waals surface area (Å²) < 4.78 is 18.1. The van der Waals surface area contributed by atoms with Gasteiger partial charge in [-0.1, -0.05) is 0 Å². The molecule has 0 unspecified atom stereocenters. The molecule has 1 N–H and O–H groups in total. The summed E-state index contributed by atoms with van der Waals surface area (Å²) in [5.74, 6) is -0.0463. The van der Waals surface area contributed by atoms with Gasteiger partial charge in [-0.2, -0.15) is 0 Å². The van der Waals surface area contributed by atoms with Gasteiger partial charge in [0.25, 0.3) is 5.91 Å². The number of carbonyl (C=O) groups excluding carboxylic acids is 1. The largest absolute Gasteiger partial charge is 0.462 e. The number of nitrogens with one attached hydrogen (secondary N) is 1. The highest BCUT2D eigenvalue weighted by Crippen LogP contribution is 2.28. The molecule has 106 valence electrons. The SMILES string of the molecule is Cc1sc(-c2ccco2)nc1C(=O)Nc1ccc(F)cc1. The lowest BCUT2D eigenvalue weighted by Crippen LogP contribution is -2.13. The van der Waals surface area contributed by atoms with Crippen molar-refractivity contribution in [1.82, 2.24) is 4.98 Å². The number of aromatic nitrogens is 1. The highest BCUT2D eigenvalue weighted by atomic mass is 32.1. The van der Waals surface area contributed by atoms with E-state index in [0.29, 0.717) is 22.1 Å². The van der Waals surface area contributed by atoms with E-state index < -0.39 is 0 Å². The van der Waals surface area contributed by atoms with Crippen LogP contribution < -0.4 is 5.32 Å². The van der Waals surface area contributed by atoms with Gasteiger partial charge in [-0.05, 0) is 43.3 Å². The van der Waals surface area contributed by atoms with Crippen LogP contribution >= 0.6 is 11.3 Å². The predicted octanol–water partition coefficient (Wildman–Crippen LogP) is 4.10. The molecule has 2 heterocycles. The summed E-state index contributed by atoms with van der Waals surface area (Å²) in [5.41, 5.74) is 0.865. The molecule has 0 bridgehead atoms. The number of hydrogen-bond acceptors (Lipinski definition) is 4. The lowest BCUT2D eigenvalue weighted by atomic mass is 10.3. The minimum Gasteiger partial charge on any atom is -0.462 e. The molecule has 0 saturated heterocycles. The first-order valence-electron chi connectivity index (χ1n) is 6.22. The zero-order valence-electron chi connectivity index (χ0n) is 11.1. The molecule has 3 rings (SSSR count). The summed E-state index contributed by atoms with van der Waals surface area (Å²) in [6.07, 6.45) is 1.56. The molecule has 6 heteroatoms. The van der Waals surface area contributed by atoms with E-state index in [0.717, 1.165) is 4.88 Å². The van der Waals surface area contributed by atoms with E-state index in [1.165, 1.54) is 35.6 Å². The van der Waals surface area contributed by atoms with Crippen molar-refractivity contribution in [2.45, 2.75) is 6.92 Å². The van der Waals surface area contributed by atoms with Gasteiger partial charge in [0.2, 0.25) is 0 Å². The predicted molar refractivity (Wildman–Crippen MR) is 78.9 cm³/mol. The van der Waals surface area contributed by atoms with Crippen molar-refractivity contribution in [3.8, 4) is 10.8 Å². The number of benzene rings is 1. The standard InChI is InChI=1S/C15H11FN2O2S/c1-9-13(18-15(21-9)12-3-2-8-20-12)14(19)17-11-6-4-10(16)5-7-11/h2-8H,1H3,(H,17,19). The van der Waals surface area contributed by atoms with Crippen molar-refractivity contribution in [1.29, 1.82) is 0 Å². The zero-order valence-corrected chi connectivity index (χ0v) is 11.9. The highest BCUT2D eigenvalue weighted by Gasteiger charge is 2.17. The summed E-state index contributed by atoms with van der Waals surface area (Å²) in [6, 6.07) is 9.14. The lowest BCUT2D eigenvalue weighted by Gasteiger charge is -2.03. The first kappa shape index (κ1) is 13.5. The minimum atomic E-state index is -0.349. The third-order valence-corrected chi connectivity index (χ3v) is 3.83. The topological polar surface area (TPSA) is 55.1 Å². The van der Waals surface area contributed by atoms with Crippen LogP contribution in [0, 0.1) is 12.7 Å². The normalized spacial score (nSPS) is 10.6. The van der Waals surface area contributed by atoms with Crippen molar-refractivity contribution in [3.63, 3.8) is 0 Å². The molecular weight excluding hydrogens is 291 g/mol. The number of furan rings is 1. The number of nitrogens with zero attached hydrogens (tertiary/aromatic N) is 1. The number of hydrogen-bond donors (Lipinski definition) is 1. The maximum Gasteiger partial charge on any atom is 0.275 e. The summed E-state index contributed by atoms with van der Waals surface area (Å²) in [7, 11) is 0. The molecule has 0 fully saturated rings. The molecule has 0 atom stereocenters. The Hall–Kier alpha value is -2.47. The molecule has 3 aromatic rings. The van der Waals surface area contributed by atoms with Crippen molar-refractivity contribution in [2.24, 2.45) is 0 Å². The quantitative estimate of drug-likeness (QED) is 0.792. The van der Waals surface area contributed by atoms with E-state index in [1.807, 2.05) is 6.92 Å². The van der Waals surface area contributed by atoms with E-state index in [4.69, 9.17) is 4.42 Å². The maximum atomic E-state index is 12.8. The third kappa shape index (κ3) is 2.85. The highest BCUT2D eigenvalue weighted by molar-refractivity contribution is 7.15. The summed E-state index contributed by atoms with van der Waals surface area (Å²) in [4.78, 5) is 17.3. The first-order chi connectivity index (χ1) is 10.1. The van der Waals surface area contributed by atoms with Crippen molar-refractivity contribution >= 4 is 22.9 Å². The summed E-state index contributed by atoms with van der Waals surface area (Å²) >= 11 is 1.39. The van der Waals surface area contributed by atoms with Gasteiger partial charge >= 0.3 is 0 Å². The van der Waals surface area contributed by atoms with Gasteiger partial charge in [-0.25, -0.2) is 9.37 Å². The van der Waals surface area contributed by atoms with Crippen LogP contribution in [-0.2, 0) is 0 Å². The Morgan fingerprint density at radius 3 is 2.71 bits per heavy atom. The first-order valence-corrected chi connectivity index (χ1v) is 7.03.